The molecule has 3 aromatic heterocycles. The van der Waals surface area contributed by atoms with E-state index in [0.29, 0.717) is 34.5 Å². The van der Waals surface area contributed by atoms with Gasteiger partial charge in [-0.15, -0.1) is 10.2 Å². The van der Waals surface area contributed by atoms with Crippen molar-refractivity contribution in [2.45, 2.75) is 17.5 Å². The molecule has 0 aliphatic heterocycles. The summed E-state index contributed by atoms with van der Waals surface area (Å²) >= 11 is 1.44. The summed E-state index contributed by atoms with van der Waals surface area (Å²) in [5, 5.41) is 12.1. The highest BCUT2D eigenvalue weighted by atomic mass is 32.2. The fourth-order valence-corrected chi connectivity index (χ4v) is 4.48. The first-order valence-electron chi connectivity index (χ1n) is 11.2. The second kappa shape index (κ2) is 10.9. The van der Waals surface area contributed by atoms with Gasteiger partial charge in [0.15, 0.2) is 11.0 Å². The fraction of sp³-hybridized carbons (Fsp3) is 0.0741. The minimum absolute atomic E-state index is 0.147. The van der Waals surface area contributed by atoms with Gasteiger partial charge in [0.1, 0.15) is 5.82 Å². The Morgan fingerprint density at radius 1 is 0.861 bits per heavy atom. The van der Waals surface area contributed by atoms with Crippen molar-refractivity contribution in [2.75, 3.05) is 0 Å². The summed E-state index contributed by atoms with van der Waals surface area (Å²) in [5.41, 5.74) is 3.66. The van der Waals surface area contributed by atoms with E-state index in [2.05, 4.69) is 25.5 Å². The van der Waals surface area contributed by atoms with E-state index in [1.54, 1.807) is 65.8 Å². The van der Waals surface area contributed by atoms with Crippen LogP contribution >= 0.6 is 11.8 Å². The van der Waals surface area contributed by atoms with Crippen LogP contribution in [0.5, 0.6) is 0 Å². The molecular weight excluding hydrogens is 475 g/mol. The monoisotopic (exact) mass is 496 g/mol. The molecule has 36 heavy (non-hydrogen) atoms. The molecular formula is C27H21FN6OS. The second-order valence-corrected chi connectivity index (χ2v) is 8.80. The number of aromatic nitrogens is 5. The van der Waals surface area contributed by atoms with Gasteiger partial charge in [-0.1, -0.05) is 36.0 Å². The van der Waals surface area contributed by atoms with E-state index in [-0.39, 0.29) is 11.7 Å². The number of para-hydroxylation sites is 1. The number of rotatable bonds is 8. The van der Waals surface area contributed by atoms with E-state index in [1.807, 2.05) is 30.3 Å². The van der Waals surface area contributed by atoms with E-state index >= 15 is 0 Å². The molecule has 1 amide bonds. The van der Waals surface area contributed by atoms with Gasteiger partial charge < -0.3 is 5.32 Å². The highest BCUT2D eigenvalue weighted by Crippen LogP contribution is 2.30. The number of carbonyl (C=O) groups is 1. The van der Waals surface area contributed by atoms with E-state index in [1.165, 1.54) is 17.8 Å². The average Bonchev–Trinajstić information content (AvgIpc) is 3.36. The van der Waals surface area contributed by atoms with Gasteiger partial charge in [-0.05, 0) is 59.7 Å². The van der Waals surface area contributed by atoms with Crippen molar-refractivity contribution in [3.63, 3.8) is 0 Å². The van der Waals surface area contributed by atoms with Gasteiger partial charge in [0.05, 0.1) is 5.69 Å². The molecule has 5 rings (SSSR count). The number of hydrogen-bond acceptors (Lipinski definition) is 6. The Morgan fingerprint density at radius 2 is 1.67 bits per heavy atom. The number of pyridine rings is 2. The van der Waals surface area contributed by atoms with Gasteiger partial charge in [0.25, 0.3) is 5.91 Å². The van der Waals surface area contributed by atoms with Gasteiger partial charge >= 0.3 is 0 Å². The van der Waals surface area contributed by atoms with Crippen molar-refractivity contribution in [2.24, 2.45) is 0 Å². The van der Waals surface area contributed by atoms with Gasteiger partial charge in [-0.25, -0.2) is 4.39 Å². The third kappa shape index (κ3) is 5.31. The van der Waals surface area contributed by atoms with Crippen molar-refractivity contribution < 1.29 is 9.18 Å². The topological polar surface area (TPSA) is 85.6 Å². The van der Waals surface area contributed by atoms with Crippen LogP contribution in [0.4, 0.5) is 4.39 Å². The average molecular weight is 497 g/mol. The zero-order valence-electron chi connectivity index (χ0n) is 19.1. The summed E-state index contributed by atoms with van der Waals surface area (Å²) in [6, 6.07) is 21.3. The summed E-state index contributed by atoms with van der Waals surface area (Å²) in [6.45, 7) is 0.434. The van der Waals surface area contributed by atoms with Crippen molar-refractivity contribution in [3.8, 4) is 17.1 Å². The predicted molar refractivity (Wildman–Crippen MR) is 136 cm³/mol. The van der Waals surface area contributed by atoms with E-state index in [9.17, 15) is 9.18 Å². The lowest BCUT2D eigenvalue weighted by Crippen LogP contribution is -2.22. The smallest absolute Gasteiger partial charge is 0.251 e. The molecule has 5 aromatic rings. The number of nitrogens with zero attached hydrogens (tertiary/aromatic N) is 5. The van der Waals surface area contributed by atoms with Crippen LogP contribution in [0, 0.1) is 5.82 Å². The lowest BCUT2D eigenvalue weighted by Gasteiger charge is -2.11. The molecule has 3 heterocycles. The first kappa shape index (κ1) is 23.4. The molecule has 0 atom stereocenters. The third-order valence-corrected chi connectivity index (χ3v) is 6.43. The molecule has 9 heteroatoms. The van der Waals surface area contributed by atoms with Crippen molar-refractivity contribution >= 4 is 17.7 Å². The number of amides is 1. The minimum atomic E-state index is -0.369. The van der Waals surface area contributed by atoms with Crippen molar-refractivity contribution in [3.05, 3.63) is 120 Å². The number of benzene rings is 2. The largest absolute Gasteiger partial charge is 0.348 e. The Labute approximate surface area is 211 Å². The SMILES string of the molecule is O=C(NCc1ccncc1)c1ccc(CSc2nnc(-c3cccnc3)n2-c2ccccc2F)cc1. The van der Waals surface area contributed by atoms with Crippen LogP contribution in [0.25, 0.3) is 17.1 Å². The molecule has 0 aliphatic rings. The second-order valence-electron chi connectivity index (χ2n) is 7.86. The highest BCUT2D eigenvalue weighted by Gasteiger charge is 2.19. The fourth-order valence-electron chi connectivity index (χ4n) is 3.58. The lowest BCUT2D eigenvalue weighted by molar-refractivity contribution is 0.0951. The summed E-state index contributed by atoms with van der Waals surface area (Å²) in [7, 11) is 0. The number of nitrogens with one attached hydrogen (secondary N) is 1. The third-order valence-electron chi connectivity index (χ3n) is 5.43. The summed E-state index contributed by atoms with van der Waals surface area (Å²) in [6.07, 6.45) is 6.74. The maximum atomic E-state index is 14.7. The molecule has 0 fully saturated rings. The van der Waals surface area contributed by atoms with Crippen molar-refractivity contribution in [1.82, 2.24) is 30.0 Å². The van der Waals surface area contributed by atoms with Crippen LogP contribution in [0.15, 0.2) is 103 Å². The molecule has 178 valence electrons. The molecule has 0 saturated carbocycles. The zero-order valence-corrected chi connectivity index (χ0v) is 19.9. The maximum absolute atomic E-state index is 14.7. The van der Waals surface area contributed by atoms with E-state index in [0.717, 1.165) is 16.7 Å². The molecule has 0 aliphatic carbocycles. The van der Waals surface area contributed by atoms with Crippen LogP contribution < -0.4 is 5.32 Å². The van der Waals surface area contributed by atoms with Gasteiger partial charge in [-0.3, -0.25) is 19.3 Å². The van der Waals surface area contributed by atoms with Crippen LogP contribution in [-0.2, 0) is 12.3 Å². The first-order chi connectivity index (χ1) is 17.7. The van der Waals surface area contributed by atoms with Crippen LogP contribution in [0.2, 0.25) is 0 Å². The Kier molecular flexibility index (Phi) is 7.09. The van der Waals surface area contributed by atoms with Crippen LogP contribution in [-0.4, -0.2) is 30.6 Å². The Morgan fingerprint density at radius 3 is 2.42 bits per heavy atom. The Hall–Kier alpha value is -4.37. The first-order valence-corrected chi connectivity index (χ1v) is 12.2. The number of hydrogen-bond donors (Lipinski definition) is 1. The molecule has 0 saturated heterocycles. The predicted octanol–water partition coefficient (Wildman–Crippen LogP) is 5.09. The minimum Gasteiger partial charge on any atom is -0.348 e. The lowest BCUT2D eigenvalue weighted by atomic mass is 10.1. The molecule has 2 aromatic carbocycles. The molecule has 0 spiro atoms. The standard InChI is InChI=1S/C27H21FN6OS/c28-23-5-1-2-6-24(23)34-25(22-4-3-13-30-17-22)32-33-27(34)36-18-20-7-9-21(10-8-20)26(35)31-16-19-11-14-29-15-12-19/h1-15,17H,16,18H2,(H,31,35). The van der Waals surface area contributed by atoms with Crippen molar-refractivity contribution in [1.29, 1.82) is 0 Å². The summed E-state index contributed by atoms with van der Waals surface area (Å²) in [4.78, 5) is 20.6. The molecule has 0 bridgehead atoms. The molecule has 7 nitrogen and oxygen atoms in total. The Balaban J connectivity index is 1.31. The zero-order chi connectivity index (χ0) is 24.7. The van der Waals surface area contributed by atoms with Crippen LogP contribution in [0.3, 0.4) is 0 Å². The molecule has 1 N–H and O–H groups in total. The molecule has 0 unspecified atom stereocenters. The van der Waals surface area contributed by atoms with Gasteiger partial charge in [0.2, 0.25) is 0 Å². The highest BCUT2D eigenvalue weighted by molar-refractivity contribution is 7.98. The Bertz CT molecular complexity index is 1460. The van der Waals surface area contributed by atoms with Crippen LogP contribution in [0.1, 0.15) is 21.5 Å². The van der Waals surface area contributed by atoms with E-state index in [4.69, 9.17) is 0 Å². The van der Waals surface area contributed by atoms with Gasteiger partial charge in [0, 0.05) is 48.2 Å². The summed E-state index contributed by atoms with van der Waals surface area (Å²) < 4.78 is 16.4. The number of carbonyl (C=O) groups excluding carboxylic acids is 1. The maximum Gasteiger partial charge on any atom is 0.251 e. The summed E-state index contributed by atoms with van der Waals surface area (Å²) in [5.74, 6) is 0.563. The number of halogens is 1. The van der Waals surface area contributed by atoms with Gasteiger partial charge in [-0.2, -0.15) is 0 Å². The van der Waals surface area contributed by atoms with E-state index < -0.39 is 0 Å². The quantitative estimate of drug-likeness (QED) is 0.301. The normalized spacial score (nSPS) is 10.8. The number of thioether (sulfide) groups is 1. The molecule has 0 radical (unpaired) electrons.